The number of hydrogen-bond donors (Lipinski definition) is 2. The Hall–Kier alpha value is -0.650. The molecule has 3 unspecified atom stereocenters. The van der Waals surface area contributed by atoms with Gasteiger partial charge in [0.05, 0.1) is 12.7 Å². The maximum atomic E-state index is 12.3. The normalized spacial score (nSPS) is 36.8. The van der Waals surface area contributed by atoms with Crippen molar-refractivity contribution in [2.24, 2.45) is 17.1 Å². The van der Waals surface area contributed by atoms with Gasteiger partial charge in [0.15, 0.2) is 0 Å². The molecule has 1 heterocycles. The van der Waals surface area contributed by atoms with Crippen molar-refractivity contribution >= 4 is 5.91 Å². The van der Waals surface area contributed by atoms with Crippen molar-refractivity contribution in [3.05, 3.63) is 0 Å². The second-order valence-corrected chi connectivity index (χ2v) is 6.28. The van der Waals surface area contributed by atoms with E-state index in [1.807, 2.05) is 20.8 Å². The SMILES string of the molecule is CCOC1CC(N)(C(=O)NCC2CCOC2)C1(C)C. The summed E-state index contributed by atoms with van der Waals surface area (Å²) in [5, 5.41) is 2.99. The van der Waals surface area contributed by atoms with Crippen molar-refractivity contribution < 1.29 is 14.3 Å². The topological polar surface area (TPSA) is 73.6 Å². The number of rotatable bonds is 5. The van der Waals surface area contributed by atoms with Gasteiger partial charge in [0, 0.05) is 37.5 Å². The predicted octanol–water partition coefficient (Wildman–Crippen LogP) is 0.672. The van der Waals surface area contributed by atoms with Gasteiger partial charge in [-0.25, -0.2) is 0 Å². The van der Waals surface area contributed by atoms with Crippen LogP contribution in [-0.2, 0) is 14.3 Å². The van der Waals surface area contributed by atoms with Crippen molar-refractivity contribution in [3.8, 4) is 0 Å². The first-order valence-corrected chi connectivity index (χ1v) is 7.18. The van der Waals surface area contributed by atoms with Crippen LogP contribution in [0.2, 0.25) is 0 Å². The van der Waals surface area contributed by atoms with Crippen molar-refractivity contribution in [1.82, 2.24) is 5.32 Å². The summed E-state index contributed by atoms with van der Waals surface area (Å²) >= 11 is 0. The van der Waals surface area contributed by atoms with E-state index in [9.17, 15) is 4.79 Å². The Labute approximate surface area is 115 Å². The highest BCUT2D eigenvalue weighted by atomic mass is 16.5. The maximum absolute atomic E-state index is 12.3. The molecule has 0 aromatic heterocycles. The molecule has 1 saturated heterocycles. The zero-order valence-corrected chi connectivity index (χ0v) is 12.2. The molecular weight excluding hydrogens is 244 g/mol. The number of nitrogens with one attached hydrogen (secondary N) is 1. The van der Waals surface area contributed by atoms with E-state index in [0.717, 1.165) is 19.6 Å². The zero-order chi connectivity index (χ0) is 14.1. The summed E-state index contributed by atoms with van der Waals surface area (Å²) < 4.78 is 10.9. The lowest BCUT2D eigenvalue weighted by Gasteiger charge is -2.57. The number of carbonyl (C=O) groups is 1. The van der Waals surface area contributed by atoms with E-state index >= 15 is 0 Å². The summed E-state index contributed by atoms with van der Waals surface area (Å²) in [5.74, 6) is 0.374. The highest BCUT2D eigenvalue weighted by Gasteiger charge is 2.62. The maximum Gasteiger partial charge on any atom is 0.240 e. The molecular formula is C14H26N2O3. The van der Waals surface area contributed by atoms with Crippen LogP contribution in [0.5, 0.6) is 0 Å². The van der Waals surface area contributed by atoms with Crippen LogP contribution in [0.3, 0.4) is 0 Å². The molecule has 5 nitrogen and oxygen atoms in total. The fraction of sp³-hybridized carbons (Fsp3) is 0.929. The number of hydrogen-bond acceptors (Lipinski definition) is 4. The lowest BCUT2D eigenvalue weighted by Crippen LogP contribution is -2.75. The molecule has 0 spiro atoms. The van der Waals surface area contributed by atoms with Crippen LogP contribution in [0.4, 0.5) is 0 Å². The van der Waals surface area contributed by atoms with Crippen molar-refractivity contribution in [1.29, 1.82) is 0 Å². The molecule has 3 atom stereocenters. The molecule has 1 aliphatic heterocycles. The second kappa shape index (κ2) is 5.38. The molecule has 1 amide bonds. The third-order valence-electron chi connectivity index (χ3n) is 4.81. The quantitative estimate of drug-likeness (QED) is 0.770. The first-order chi connectivity index (χ1) is 8.91. The van der Waals surface area contributed by atoms with Crippen LogP contribution in [0.15, 0.2) is 0 Å². The highest BCUT2D eigenvalue weighted by molar-refractivity contribution is 5.88. The number of carbonyl (C=O) groups excluding carboxylic acids is 1. The summed E-state index contributed by atoms with van der Waals surface area (Å²) in [6, 6.07) is 0. The van der Waals surface area contributed by atoms with Crippen LogP contribution >= 0.6 is 0 Å². The van der Waals surface area contributed by atoms with Gasteiger partial charge in [-0.15, -0.1) is 0 Å². The van der Waals surface area contributed by atoms with E-state index in [1.165, 1.54) is 0 Å². The largest absolute Gasteiger partial charge is 0.381 e. The zero-order valence-electron chi connectivity index (χ0n) is 12.2. The average molecular weight is 270 g/mol. The minimum Gasteiger partial charge on any atom is -0.381 e. The third kappa shape index (κ3) is 2.51. The third-order valence-corrected chi connectivity index (χ3v) is 4.81. The number of ether oxygens (including phenoxy) is 2. The van der Waals surface area contributed by atoms with Crippen LogP contribution in [0.25, 0.3) is 0 Å². The minimum absolute atomic E-state index is 0.0552. The standard InChI is InChI=1S/C14H26N2O3/c1-4-19-11-7-14(15,13(11,2)3)12(17)16-8-10-5-6-18-9-10/h10-11H,4-9,15H2,1-3H3,(H,16,17). The van der Waals surface area contributed by atoms with Crippen LogP contribution in [0, 0.1) is 11.3 Å². The Morgan fingerprint density at radius 3 is 2.79 bits per heavy atom. The lowest BCUT2D eigenvalue weighted by atomic mass is 9.54. The highest BCUT2D eigenvalue weighted by Crippen LogP contribution is 2.49. The first kappa shape index (κ1) is 14.8. The van der Waals surface area contributed by atoms with Gasteiger partial charge in [0.2, 0.25) is 5.91 Å². The monoisotopic (exact) mass is 270 g/mol. The molecule has 0 bridgehead atoms. The van der Waals surface area contributed by atoms with Crippen molar-refractivity contribution in [3.63, 3.8) is 0 Å². The van der Waals surface area contributed by atoms with Crippen molar-refractivity contribution in [2.75, 3.05) is 26.4 Å². The number of nitrogens with two attached hydrogens (primary N) is 1. The molecule has 5 heteroatoms. The van der Waals surface area contributed by atoms with E-state index in [2.05, 4.69) is 5.32 Å². The molecule has 0 radical (unpaired) electrons. The average Bonchev–Trinajstić information content (AvgIpc) is 2.88. The molecule has 2 rings (SSSR count). The fourth-order valence-corrected chi connectivity index (χ4v) is 2.96. The Kier molecular flexibility index (Phi) is 4.18. The molecule has 2 aliphatic rings. The van der Waals surface area contributed by atoms with E-state index < -0.39 is 5.54 Å². The van der Waals surface area contributed by atoms with E-state index in [4.69, 9.17) is 15.2 Å². The lowest BCUT2D eigenvalue weighted by molar-refractivity contribution is -0.170. The van der Waals surface area contributed by atoms with Gasteiger partial charge in [0.25, 0.3) is 0 Å². The summed E-state index contributed by atoms with van der Waals surface area (Å²) in [4.78, 5) is 12.3. The molecule has 1 aliphatic carbocycles. The van der Waals surface area contributed by atoms with Gasteiger partial charge >= 0.3 is 0 Å². The van der Waals surface area contributed by atoms with Gasteiger partial charge in [0.1, 0.15) is 5.54 Å². The Bertz CT molecular complexity index is 340. The smallest absolute Gasteiger partial charge is 0.240 e. The van der Waals surface area contributed by atoms with Gasteiger partial charge in [-0.05, 0) is 13.3 Å². The Balaban J connectivity index is 1.87. The summed E-state index contributed by atoms with van der Waals surface area (Å²) in [6.45, 7) is 8.84. The Morgan fingerprint density at radius 2 is 2.26 bits per heavy atom. The molecule has 19 heavy (non-hydrogen) atoms. The summed E-state index contributed by atoms with van der Waals surface area (Å²) in [6.07, 6.45) is 1.69. The minimum atomic E-state index is -0.813. The molecule has 2 fully saturated rings. The Morgan fingerprint density at radius 1 is 1.53 bits per heavy atom. The van der Waals surface area contributed by atoms with Crippen LogP contribution in [0.1, 0.15) is 33.6 Å². The predicted molar refractivity (Wildman–Crippen MR) is 72.7 cm³/mol. The van der Waals surface area contributed by atoms with Gasteiger partial charge in [-0.3, -0.25) is 4.79 Å². The molecule has 110 valence electrons. The molecule has 0 aromatic carbocycles. The molecule has 0 aromatic rings. The van der Waals surface area contributed by atoms with Crippen LogP contribution in [-0.4, -0.2) is 43.9 Å². The van der Waals surface area contributed by atoms with Crippen LogP contribution < -0.4 is 11.1 Å². The van der Waals surface area contributed by atoms with Gasteiger partial charge < -0.3 is 20.5 Å². The summed E-state index contributed by atoms with van der Waals surface area (Å²) in [5.41, 5.74) is 5.17. The van der Waals surface area contributed by atoms with E-state index in [1.54, 1.807) is 0 Å². The number of amides is 1. The van der Waals surface area contributed by atoms with Gasteiger partial charge in [-0.1, -0.05) is 13.8 Å². The van der Waals surface area contributed by atoms with E-state index in [-0.39, 0.29) is 17.4 Å². The van der Waals surface area contributed by atoms with Crippen molar-refractivity contribution in [2.45, 2.75) is 45.3 Å². The first-order valence-electron chi connectivity index (χ1n) is 7.18. The second-order valence-electron chi connectivity index (χ2n) is 6.28. The fourth-order valence-electron chi connectivity index (χ4n) is 2.96. The van der Waals surface area contributed by atoms with Gasteiger partial charge in [-0.2, -0.15) is 0 Å². The molecule has 3 N–H and O–H groups in total. The summed E-state index contributed by atoms with van der Waals surface area (Å²) in [7, 11) is 0. The molecule has 1 saturated carbocycles. The van der Waals surface area contributed by atoms with E-state index in [0.29, 0.717) is 25.5 Å².